The molecule has 0 N–H and O–H groups in total. The van der Waals surface area contributed by atoms with E-state index >= 15 is 0 Å². The van der Waals surface area contributed by atoms with Crippen LogP contribution in [0, 0.1) is 0 Å². The molecule has 0 spiro atoms. The van der Waals surface area contributed by atoms with Crippen LogP contribution in [0.5, 0.6) is 5.75 Å². The van der Waals surface area contributed by atoms with Crippen LogP contribution < -0.4 is 4.74 Å². The number of thiazole rings is 1. The Kier molecular flexibility index (Phi) is 4.50. The van der Waals surface area contributed by atoms with Gasteiger partial charge in [-0.1, -0.05) is 24.3 Å². The summed E-state index contributed by atoms with van der Waals surface area (Å²) >= 11 is 1.57. The first-order valence-electron chi connectivity index (χ1n) is 5.61. The minimum atomic E-state index is -0.209. The van der Waals surface area contributed by atoms with Gasteiger partial charge in [-0.25, -0.2) is 4.98 Å². The highest BCUT2D eigenvalue weighted by Crippen LogP contribution is 2.33. The first-order chi connectivity index (χ1) is 8.86. The van der Waals surface area contributed by atoms with E-state index in [4.69, 9.17) is 9.47 Å². The number of hydrogen-bond donors (Lipinski definition) is 0. The molecule has 3 nitrogen and oxygen atoms in total. The van der Waals surface area contributed by atoms with Crippen molar-refractivity contribution in [3.05, 3.63) is 59.1 Å². The molecule has 0 fully saturated rings. The van der Waals surface area contributed by atoms with Gasteiger partial charge in [0.05, 0.1) is 13.7 Å². The van der Waals surface area contributed by atoms with Crippen molar-refractivity contribution in [2.24, 2.45) is 0 Å². The zero-order chi connectivity index (χ0) is 12.8. The molecule has 2 aromatic rings. The van der Waals surface area contributed by atoms with E-state index in [9.17, 15) is 0 Å². The van der Waals surface area contributed by atoms with Gasteiger partial charge < -0.3 is 9.47 Å². The molecule has 1 heterocycles. The molecular weight excluding hydrogens is 246 g/mol. The third-order valence-electron chi connectivity index (χ3n) is 2.48. The van der Waals surface area contributed by atoms with Crippen molar-refractivity contribution >= 4 is 11.3 Å². The molecule has 0 bridgehead atoms. The van der Waals surface area contributed by atoms with Crippen LogP contribution >= 0.6 is 11.3 Å². The Hall–Kier alpha value is -1.65. The van der Waals surface area contributed by atoms with Crippen molar-refractivity contribution in [3.63, 3.8) is 0 Å². The predicted octanol–water partition coefficient (Wildman–Crippen LogP) is 3.44. The van der Waals surface area contributed by atoms with Gasteiger partial charge in [0.15, 0.2) is 0 Å². The molecule has 2 rings (SSSR count). The number of hydrogen-bond acceptors (Lipinski definition) is 4. The van der Waals surface area contributed by atoms with Gasteiger partial charge in [-0.3, -0.25) is 0 Å². The average Bonchev–Trinajstić information content (AvgIpc) is 2.94. The fourth-order valence-electron chi connectivity index (χ4n) is 1.71. The molecule has 0 aliphatic heterocycles. The van der Waals surface area contributed by atoms with E-state index in [-0.39, 0.29) is 6.10 Å². The summed E-state index contributed by atoms with van der Waals surface area (Å²) in [5, 5.41) is 2.86. The molecule has 4 heteroatoms. The van der Waals surface area contributed by atoms with Gasteiger partial charge in [-0.2, -0.15) is 0 Å². The van der Waals surface area contributed by atoms with Crippen LogP contribution in [-0.4, -0.2) is 18.7 Å². The minimum Gasteiger partial charge on any atom is -0.496 e. The molecule has 1 aromatic carbocycles. The second kappa shape index (κ2) is 6.33. The van der Waals surface area contributed by atoms with Crippen molar-refractivity contribution in [2.45, 2.75) is 6.10 Å². The smallest absolute Gasteiger partial charge is 0.138 e. The van der Waals surface area contributed by atoms with Gasteiger partial charge >= 0.3 is 0 Å². The van der Waals surface area contributed by atoms with Crippen molar-refractivity contribution in [1.29, 1.82) is 0 Å². The van der Waals surface area contributed by atoms with Crippen LogP contribution in [0.1, 0.15) is 16.7 Å². The third-order valence-corrected chi connectivity index (χ3v) is 3.30. The molecule has 18 heavy (non-hydrogen) atoms. The van der Waals surface area contributed by atoms with Crippen LogP contribution in [0.25, 0.3) is 0 Å². The molecule has 1 unspecified atom stereocenters. The lowest BCUT2D eigenvalue weighted by Crippen LogP contribution is -2.07. The topological polar surface area (TPSA) is 31.4 Å². The van der Waals surface area contributed by atoms with Crippen LogP contribution in [0.2, 0.25) is 0 Å². The Labute approximate surface area is 111 Å². The Bertz CT molecular complexity index is 496. The summed E-state index contributed by atoms with van der Waals surface area (Å²) < 4.78 is 11.2. The second-order valence-corrected chi connectivity index (χ2v) is 4.54. The lowest BCUT2D eigenvalue weighted by molar-refractivity contribution is 0.102. The summed E-state index contributed by atoms with van der Waals surface area (Å²) in [6, 6.07) is 7.83. The van der Waals surface area contributed by atoms with E-state index in [0.29, 0.717) is 6.61 Å². The maximum Gasteiger partial charge on any atom is 0.138 e. The normalized spacial score (nSPS) is 12.1. The fourth-order valence-corrected chi connectivity index (χ4v) is 2.41. The van der Waals surface area contributed by atoms with Gasteiger partial charge in [0, 0.05) is 17.1 Å². The predicted molar refractivity (Wildman–Crippen MR) is 73.1 cm³/mol. The summed E-state index contributed by atoms with van der Waals surface area (Å²) in [6.45, 7) is 4.15. The zero-order valence-corrected chi connectivity index (χ0v) is 11.0. The van der Waals surface area contributed by atoms with Crippen LogP contribution in [0.15, 0.2) is 48.5 Å². The van der Waals surface area contributed by atoms with E-state index in [1.807, 2.05) is 29.6 Å². The molecule has 0 aliphatic carbocycles. The van der Waals surface area contributed by atoms with Gasteiger partial charge in [-0.05, 0) is 6.07 Å². The Balaban J connectivity index is 2.36. The van der Waals surface area contributed by atoms with E-state index in [1.165, 1.54) is 0 Å². The van der Waals surface area contributed by atoms with Gasteiger partial charge in [0.25, 0.3) is 0 Å². The molecule has 1 atom stereocenters. The van der Waals surface area contributed by atoms with Crippen LogP contribution in [0.4, 0.5) is 0 Å². The van der Waals surface area contributed by atoms with Crippen molar-refractivity contribution < 1.29 is 9.47 Å². The van der Waals surface area contributed by atoms with Crippen molar-refractivity contribution in [2.75, 3.05) is 13.7 Å². The van der Waals surface area contributed by atoms with E-state index < -0.39 is 0 Å². The molecule has 1 aromatic heterocycles. The molecule has 0 saturated carbocycles. The highest BCUT2D eigenvalue weighted by Gasteiger charge is 2.20. The number of ether oxygens (including phenoxy) is 2. The lowest BCUT2D eigenvalue weighted by atomic mass is 10.1. The highest BCUT2D eigenvalue weighted by atomic mass is 32.1. The van der Waals surface area contributed by atoms with Crippen LogP contribution in [-0.2, 0) is 4.74 Å². The number of rotatable bonds is 6. The van der Waals surface area contributed by atoms with Gasteiger partial charge in [0.1, 0.15) is 16.9 Å². The quantitative estimate of drug-likeness (QED) is 0.746. The first-order valence-corrected chi connectivity index (χ1v) is 6.49. The number of methoxy groups -OCH3 is 1. The number of para-hydroxylation sites is 1. The summed E-state index contributed by atoms with van der Waals surface area (Å²) in [7, 11) is 1.66. The maximum absolute atomic E-state index is 5.81. The number of nitrogens with zero attached hydrogens (tertiary/aromatic N) is 1. The molecule has 94 valence electrons. The Morgan fingerprint density at radius 2 is 2.28 bits per heavy atom. The minimum absolute atomic E-state index is 0.209. The largest absolute Gasteiger partial charge is 0.496 e. The zero-order valence-electron chi connectivity index (χ0n) is 10.2. The first kappa shape index (κ1) is 12.8. The summed E-state index contributed by atoms with van der Waals surface area (Å²) in [5.74, 6) is 0.807. The summed E-state index contributed by atoms with van der Waals surface area (Å²) in [6.07, 6.45) is 3.30. The Morgan fingerprint density at radius 3 is 2.94 bits per heavy atom. The maximum atomic E-state index is 5.81. The van der Waals surface area contributed by atoms with Gasteiger partial charge in [-0.15, -0.1) is 17.9 Å². The second-order valence-electron chi connectivity index (χ2n) is 3.61. The lowest BCUT2D eigenvalue weighted by Gasteiger charge is -2.17. The molecule has 0 aliphatic rings. The van der Waals surface area contributed by atoms with E-state index in [2.05, 4.69) is 11.6 Å². The highest BCUT2D eigenvalue weighted by molar-refractivity contribution is 7.09. The van der Waals surface area contributed by atoms with Crippen molar-refractivity contribution in [3.8, 4) is 5.75 Å². The SMILES string of the molecule is C=CCOC(c1nccs1)c1ccccc1OC. The summed E-state index contributed by atoms with van der Waals surface area (Å²) in [5.41, 5.74) is 0.983. The van der Waals surface area contributed by atoms with Gasteiger partial charge in [0.2, 0.25) is 0 Å². The number of benzene rings is 1. The molecule has 0 saturated heterocycles. The van der Waals surface area contributed by atoms with Crippen LogP contribution in [0.3, 0.4) is 0 Å². The van der Waals surface area contributed by atoms with E-state index in [0.717, 1.165) is 16.3 Å². The standard InChI is InChI=1S/C14H15NO2S/c1-3-9-17-13(14-15-8-10-18-14)11-6-4-5-7-12(11)16-2/h3-8,10,13H,1,9H2,2H3. The van der Waals surface area contributed by atoms with Crippen molar-refractivity contribution in [1.82, 2.24) is 4.98 Å². The fraction of sp³-hybridized carbons (Fsp3) is 0.214. The molecular formula is C14H15NO2S. The third kappa shape index (κ3) is 2.78. The van der Waals surface area contributed by atoms with E-state index in [1.54, 1.807) is 30.7 Å². The molecule has 0 radical (unpaired) electrons. The number of aromatic nitrogens is 1. The summed E-state index contributed by atoms with van der Waals surface area (Å²) in [4.78, 5) is 4.32. The average molecular weight is 261 g/mol. The molecule has 0 amide bonds. The Morgan fingerprint density at radius 1 is 1.44 bits per heavy atom. The monoisotopic (exact) mass is 261 g/mol.